The Labute approximate surface area is 135 Å². The van der Waals surface area contributed by atoms with Crippen molar-refractivity contribution in [2.24, 2.45) is 0 Å². The summed E-state index contributed by atoms with van der Waals surface area (Å²) in [7, 11) is -3.36. The molecule has 0 unspecified atom stereocenters. The van der Waals surface area contributed by atoms with Crippen molar-refractivity contribution in [1.82, 2.24) is 9.62 Å². The molecule has 1 saturated carbocycles. The molecule has 126 valence electrons. The van der Waals surface area contributed by atoms with Crippen molar-refractivity contribution in [3.8, 4) is 0 Å². The number of sulfonamides is 1. The van der Waals surface area contributed by atoms with Gasteiger partial charge in [-0.3, -0.25) is 4.79 Å². The van der Waals surface area contributed by atoms with Gasteiger partial charge in [-0.2, -0.15) is 4.31 Å². The monoisotopic (exact) mass is 340 g/mol. The minimum atomic E-state index is -3.36. The molecule has 2 fully saturated rings. The number of halogens is 1. The molecule has 0 radical (unpaired) electrons. The van der Waals surface area contributed by atoms with E-state index in [4.69, 9.17) is 0 Å². The van der Waals surface area contributed by atoms with Crippen molar-refractivity contribution in [2.75, 3.05) is 19.3 Å². The Balaban J connectivity index is 1.64. The Morgan fingerprint density at radius 2 is 2.00 bits per heavy atom. The van der Waals surface area contributed by atoms with E-state index in [9.17, 15) is 17.6 Å². The van der Waals surface area contributed by atoms with E-state index in [0.717, 1.165) is 24.7 Å². The molecule has 23 heavy (non-hydrogen) atoms. The van der Waals surface area contributed by atoms with Gasteiger partial charge in [0, 0.05) is 18.5 Å². The third kappa shape index (κ3) is 3.40. The van der Waals surface area contributed by atoms with Crippen LogP contribution in [0.5, 0.6) is 0 Å². The van der Waals surface area contributed by atoms with Crippen molar-refractivity contribution in [3.05, 3.63) is 35.6 Å². The van der Waals surface area contributed by atoms with E-state index >= 15 is 0 Å². The lowest BCUT2D eigenvalue weighted by molar-refractivity contribution is -0.124. The number of carbonyl (C=O) groups excluding carboxylic acids is 1. The van der Waals surface area contributed by atoms with Gasteiger partial charge in [0.15, 0.2) is 0 Å². The Bertz CT molecular complexity index is 699. The first-order chi connectivity index (χ1) is 10.8. The second-order valence-electron chi connectivity index (χ2n) is 6.54. The SMILES string of the molecule is CS(=O)(=O)N1CCC[C@H]1C(=O)NCC1(c2ccc(F)cc2)CC1. The van der Waals surface area contributed by atoms with E-state index < -0.39 is 16.1 Å². The van der Waals surface area contributed by atoms with Crippen LogP contribution in [0.25, 0.3) is 0 Å². The quantitative estimate of drug-likeness (QED) is 0.881. The minimum Gasteiger partial charge on any atom is -0.354 e. The molecule has 1 aromatic carbocycles. The molecule has 1 aliphatic heterocycles. The summed E-state index contributed by atoms with van der Waals surface area (Å²) in [6.45, 7) is 0.867. The van der Waals surface area contributed by atoms with Crippen LogP contribution in [-0.4, -0.2) is 44.0 Å². The van der Waals surface area contributed by atoms with Gasteiger partial charge in [-0.25, -0.2) is 12.8 Å². The molecule has 5 nitrogen and oxygen atoms in total. The van der Waals surface area contributed by atoms with Crippen molar-refractivity contribution in [2.45, 2.75) is 37.1 Å². The molecule has 1 aromatic rings. The molecular weight excluding hydrogens is 319 g/mol. The molecule has 1 heterocycles. The van der Waals surface area contributed by atoms with Crippen LogP contribution >= 0.6 is 0 Å². The van der Waals surface area contributed by atoms with Gasteiger partial charge in [0.2, 0.25) is 15.9 Å². The Morgan fingerprint density at radius 3 is 2.57 bits per heavy atom. The fourth-order valence-corrected chi connectivity index (χ4v) is 4.42. The summed E-state index contributed by atoms with van der Waals surface area (Å²) in [6, 6.07) is 5.77. The third-order valence-corrected chi connectivity index (χ3v) is 6.13. The smallest absolute Gasteiger partial charge is 0.238 e. The predicted octanol–water partition coefficient (Wildman–Crippen LogP) is 1.40. The normalized spacial score (nSPS) is 23.7. The largest absolute Gasteiger partial charge is 0.354 e. The maximum atomic E-state index is 13.0. The summed E-state index contributed by atoms with van der Waals surface area (Å²) in [6.07, 6.45) is 4.29. The minimum absolute atomic E-state index is 0.127. The fourth-order valence-electron chi connectivity index (χ4n) is 3.30. The van der Waals surface area contributed by atoms with Crippen LogP contribution in [0.4, 0.5) is 4.39 Å². The van der Waals surface area contributed by atoms with Crippen LogP contribution < -0.4 is 5.32 Å². The summed E-state index contributed by atoms with van der Waals surface area (Å²) in [5.41, 5.74) is 0.892. The van der Waals surface area contributed by atoms with E-state index in [1.165, 1.54) is 16.4 Å². The molecular formula is C16H21FN2O3S. The topological polar surface area (TPSA) is 66.5 Å². The molecule has 1 atom stereocenters. The zero-order valence-electron chi connectivity index (χ0n) is 13.1. The van der Waals surface area contributed by atoms with Gasteiger partial charge in [0.25, 0.3) is 0 Å². The number of carbonyl (C=O) groups is 1. The molecule has 1 aliphatic carbocycles. The van der Waals surface area contributed by atoms with E-state index in [-0.39, 0.29) is 17.1 Å². The van der Waals surface area contributed by atoms with Gasteiger partial charge in [-0.1, -0.05) is 12.1 Å². The zero-order chi connectivity index (χ0) is 16.7. The molecule has 2 aliphatic rings. The van der Waals surface area contributed by atoms with Gasteiger partial charge in [0.05, 0.1) is 6.26 Å². The average molecular weight is 340 g/mol. The first-order valence-corrected chi connectivity index (χ1v) is 9.67. The van der Waals surface area contributed by atoms with Gasteiger partial charge < -0.3 is 5.32 Å². The van der Waals surface area contributed by atoms with Gasteiger partial charge >= 0.3 is 0 Å². The second kappa shape index (κ2) is 5.87. The summed E-state index contributed by atoms with van der Waals surface area (Å²) in [4.78, 5) is 12.4. The molecule has 0 spiro atoms. The Morgan fingerprint density at radius 1 is 1.35 bits per heavy atom. The molecule has 1 N–H and O–H groups in total. The third-order valence-electron chi connectivity index (χ3n) is 4.84. The van der Waals surface area contributed by atoms with E-state index in [2.05, 4.69) is 5.32 Å². The lowest BCUT2D eigenvalue weighted by Crippen LogP contribution is -2.47. The molecule has 7 heteroatoms. The van der Waals surface area contributed by atoms with E-state index in [1.807, 2.05) is 0 Å². The number of nitrogens with one attached hydrogen (secondary N) is 1. The Hall–Kier alpha value is -1.47. The first kappa shape index (κ1) is 16.4. The van der Waals surface area contributed by atoms with Crippen LogP contribution in [0.1, 0.15) is 31.2 Å². The van der Waals surface area contributed by atoms with Gasteiger partial charge in [-0.05, 0) is 43.4 Å². The number of hydrogen-bond donors (Lipinski definition) is 1. The summed E-state index contributed by atoms with van der Waals surface area (Å²) >= 11 is 0. The van der Waals surface area contributed by atoms with Crippen LogP contribution in [0.2, 0.25) is 0 Å². The second-order valence-corrected chi connectivity index (χ2v) is 8.47. The predicted molar refractivity (Wildman–Crippen MR) is 84.9 cm³/mol. The van der Waals surface area contributed by atoms with Crippen LogP contribution in [0, 0.1) is 5.82 Å². The highest BCUT2D eigenvalue weighted by molar-refractivity contribution is 7.88. The standard InChI is InChI=1S/C16H21FN2O3S/c1-23(21,22)19-10-2-3-14(19)15(20)18-11-16(8-9-16)12-4-6-13(17)7-5-12/h4-7,14H,2-3,8-11H2,1H3,(H,18,20)/t14-/m0/s1. The number of benzene rings is 1. The van der Waals surface area contributed by atoms with Crippen LogP contribution in [-0.2, 0) is 20.2 Å². The molecule has 3 rings (SSSR count). The molecule has 0 aromatic heterocycles. The summed E-state index contributed by atoms with van der Waals surface area (Å²) in [5, 5.41) is 2.90. The van der Waals surface area contributed by atoms with Crippen molar-refractivity contribution in [3.63, 3.8) is 0 Å². The van der Waals surface area contributed by atoms with Gasteiger partial charge in [0.1, 0.15) is 11.9 Å². The number of nitrogens with zero attached hydrogens (tertiary/aromatic N) is 1. The van der Waals surface area contributed by atoms with E-state index in [1.54, 1.807) is 12.1 Å². The highest BCUT2D eigenvalue weighted by atomic mass is 32.2. The average Bonchev–Trinajstić information content (AvgIpc) is 3.10. The fraction of sp³-hybridized carbons (Fsp3) is 0.562. The summed E-state index contributed by atoms with van der Waals surface area (Å²) in [5.74, 6) is -0.510. The van der Waals surface area contributed by atoms with Crippen LogP contribution in [0.3, 0.4) is 0 Å². The highest BCUT2D eigenvalue weighted by Crippen LogP contribution is 2.47. The number of rotatable bonds is 5. The number of amides is 1. The van der Waals surface area contributed by atoms with Gasteiger partial charge in [-0.15, -0.1) is 0 Å². The Kier molecular flexibility index (Phi) is 4.18. The van der Waals surface area contributed by atoms with Crippen molar-refractivity contribution in [1.29, 1.82) is 0 Å². The zero-order valence-corrected chi connectivity index (χ0v) is 13.9. The molecule has 0 bridgehead atoms. The lowest BCUT2D eigenvalue weighted by Gasteiger charge is -2.23. The van der Waals surface area contributed by atoms with E-state index in [0.29, 0.717) is 25.9 Å². The molecule has 1 amide bonds. The van der Waals surface area contributed by atoms with Crippen LogP contribution in [0.15, 0.2) is 24.3 Å². The lowest BCUT2D eigenvalue weighted by atomic mass is 9.96. The summed E-state index contributed by atoms with van der Waals surface area (Å²) < 4.78 is 37.8. The van der Waals surface area contributed by atoms with Crippen molar-refractivity contribution >= 4 is 15.9 Å². The maximum Gasteiger partial charge on any atom is 0.238 e. The maximum absolute atomic E-state index is 13.0. The number of hydrogen-bond acceptors (Lipinski definition) is 3. The molecule has 1 saturated heterocycles. The first-order valence-electron chi connectivity index (χ1n) is 7.82. The van der Waals surface area contributed by atoms with Crippen molar-refractivity contribution < 1.29 is 17.6 Å². The highest BCUT2D eigenvalue weighted by Gasteiger charge is 2.45.